The summed E-state index contributed by atoms with van der Waals surface area (Å²) >= 11 is 0. The highest BCUT2D eigenvalue weighted by atomic mass is 16.5. The van der Waals surface area contributed by atoms with Gasteiger partial charge in [-0.15, -0.1) is 0 Å². The van der Waals surface area contributed by atoms with Gasteiger partial charge in [0.1, 0.15) is 0 Å². The molecule has 6 heteroatoms. The second kappa shape index (κ2) is 9.03. The maximum absolute atomic E-state index is 12.7. The summed E-state index contributed by atoms with van der Waals surface area (Å²) in [6, 6.07) is 11.1. The molecular weight excluding hydrogens is 320 g/mol. The average molecular weight is 344 g/mol. The zero-order chi connectivity index (χ0) is 18.2. The van der Waals surface area contributed by atoms with E-state index in [1.165, 1.54) is 4.90 Å². The number of aromatic nitrogens is 1. The lowest BCUT2D eigenvalue weighted by Crippen LogP contribution is -2.38. The summed E-state index contributed by atoms with van der Waals surface area (Å²) in [6.07, 6.45) is 3.28. The molecule has 0 saturated carbocycles. The Bertz CT molecular complexity index is 678. The molecule has 0 saturated heterocycles. The quantitative estimate of drug-likeness (QED) is 0.746. The van der Waals surface area contributed by atoms with Crippen molar-refractivity contribution in [2.24, 2.45) is 0 Å². The van der Waals surface area contributed by atoms with Gasteiger partial charge in [0.15, 0.2) is 0 Å². The van der Waals surface area contributed by atoms with E-state index in [0.717, 1.165) is 5.69 Å². The first kappa shape index (κ1) is 18.7. The molecule has 0 bridgehead atoms. The van der Waals surface area contributed by atoms with E-state index < -0.39 is 6.10 Å². The van der Waals surface area contributed by atoms with Gasteiger partial charge in [-0.05, 0) is 50.2 Å². The number of ether oxygens (including phenoxy) is 1. The summed E-state index contributed by atoms with van der Waals surface area (Å²) in [4.78, 5) is 25.7. The van der Waals surface area contributed by atoms with Crippen LogP contribution in [0.2, 0.25) is 0 Å². The molecule has 0 spiro atoms. The van der Waals surface area contributed by atoms with Crippen LogP contribution in [0.4, 0.5) is 0 Å². The normalized spacial score (nSPS) is 11.8. The van der Waals surface area contributed by atoms with Crippen LogP contribution >= 0.6 is 0 Å². The number of aliphatic hydroxyl groups excluding tert-OH is 1. The summed E-state index contributed by atoms with van der Waals surface area (Å²) in [6.45, 7) is 4.03. The maximum atomic E-state index is 12.7. The van der Waals surface area contributed by atoms with Crippen molar-refractivity contribution in [3.05, 3.63) is 54.4 Å². The summed E-state index contributed by atoms with van der Waals surface area (Å²) in [5.74, 6) is -0.571. The number of carbonyl (C=O) groups is 2. The molecule has 1 aromatic carbocycles. The maximum Gasteiger partial charge on any atom is 0.307 e. The van der Waals surface area contributed by atoms with Crippen LogP contribution in [0.1, 0.15) is 30.6 Å². The van der Waals surface area contributed by atoms with E-state index in [4.69, 9.17) is 4.74 Å². The Morgan fingerprint density at radius 2 is 1.84 bits per heavy atom. The lowest BCUT2D eigenvalue weighted by molar-refractivity contribution is -0.143. The highest BCUT2D eigenvalue weighted by Gasteiger charge is 2.19. The smallest absolute Gasteiger partial charge is 0.307 e. The molecule has 1 amide bonds. The Kier molecular flexibility index (Phi) is 6.77. The van der Waals surface area contributed by atoms with Gasteiger partial charge in [0.25, 0.3) is 5.91 Å². The van der Waals surface area contributed by atoms with Gasteiger partial charge >= 0.3 is 5.97 Å². The van der Waals surface area contributed by atoms with Crippen molar-refractivity contribution in [3.63, 3.8) is 0 Å². The second-order valence-corrected chi connectivity index (χ2v) is 5.79. The molecule has 1 N–H and O–H groups in total. The Morgan fingerprint density at radius 3 is 2.40 bits per heavy atom. The topological polar surface area (TPSA) is 71.8 Å². The third kappa shape index (κ3) is 5.46. The van der Waals surface area contributed by atoms with Gasteiger partial charge in [-0.3, -0.25) is 9.59 Å². The van der Waals surface area contributed by atoms with E-state index in [0.29, 0.717) is 12.2 Å². The first-order valence-corrected chi connectivity index (χ1v) is 8.37. The van der Waals surface area contributed by atoms with Crippen molar-refractivity contribution in [1.29, 1.82) is 0 Å². The van der Waals surface area contributed by atoms with Crippen molar-refractivity contribution in [2.75, 3.05) is 19.7 Å². The molecule has 0 radical (unpaired) electrons. The predicted octanol–water partition coefficient (Wildman–Crippen LogP) is 2.25. The lowest BCUT2D eigenvalue weighted by Gasteiger charge is -2.24. The van der Waals surface area contributed by atoms with Crippen LogP contribution in [0.25, 0.3) is 5.69 Å². The standard InChI is InChI=1S/C19H24N2O4/c1-3-25-18(23)10-13-21(14-15(2)22)19(24)16-6-8-17(9-7-16)20-11-4-5-12-20/h4-9,11-12,15,22H,3,10,13-14H2,1-2H3. The molecule has 1 aromatic heterocycles. The Balaban J connectivity index is 2.08. The Morgan fingerprint density at radius 1 is 1.20 bits per heavy atom. The van der Waals surface area contributed by atoms with E-state index in [1.807, 2.05) is 41.2 Å². The summed E-state index contributed by atoms with van der Waals surface area (Å²) in [5, 5.41) is 9.64. The summed E-state index contributed by atoms with van der Waals surface area (Å²) < 4.78 is 6.84. The van der Waals surface area contributed by atoms with Crippen LogP contribution in [0.15, 0.2) is 48.8 Å². The largest absolute Gasteiger partial charge is 0.466 e. The minimum atomic E-state index is -0.676. The number of amides is 1. The molecule has 0 aliphatic rings. The van der Waals surface area contributed by atoms with Gasteiger partial charge in [0.2, 0.25) is 0 Å². The molecule has 2 aromatic rings. The van der Waals surface area contributed by atoms with E-state index in [1.54, 1.807) is 26.0 Å². The number of nitrogens with zero attached hydrogens (tertiary/aromatic N) is 2. The fourth-order valence-electron chi connectivity index (χ4n) is 2.52. The number of aliphatic hydroxyl groups is 1. The molecule has 25 heavy (non-hydrogen) atoms. The second-order valence-electron chi connectivity index (χ2n) is 5.79. The molecule has 1 heterocycles. The molecule has 0 fully saturated rings. The van der Waals surface area contributed by atoms with Gasteiger partial charge in [0, 0.05) is 36.7 Å². The van der Waals surface area contributed by atoms with Crippen LogP contribution in [0.5, 0.6) is 0 Å². The van der Waals surface area contributed by atoms with Crippen molar-refractivity contribution in [3.8, 4) is 5.69 Å². The minimum absolute atomic E-state index is 0.105. The van der Waals surface area contributed by atoms with Crippen LogP contribution in [-0.4, -0.2) is 52.3 Å². The van der Waals surface area contributed by atoms with Crippen molar-refractivity contribution < 1.29 is 19.4 Å². The monoisotopic (exact) mass is 344 g/mol. The first-order valence-electron chi connectivity index (χ1n) is 8.37. The van der Waals surface area contributed by atoms with Crippen molar-refractivity contribution in [1.82, 2.24) is 9.47 Å². The van der Waals surface area contributed by atoms with Gasteiger partial charge in [0.05, 0.1) is 19.1 Å². The number of hydrogen-bond donors (Lipinski definition) is 1. The zero-order valence-electron chi connectivity index (χ0n) is 14.6. The number of esters is 1. The third-order valence-electron chi connectivity index (χ3n) is 3.68. The highest BCUT2D eigenvalue weighted by Crippen LogP contribution is 2.13. The molecule has 1 atom stereocenters. The molecule has 134 valence electrons. The van der Waals surface area contributed by atoms with E-state index in [-0.39, 0.29) is 31.4 Å². The van der Waals surface area contributed by atoms with Gasteiger partial charge in [-0.25, -0.2) is 0 Å². The van der Waals surface area contributed by atoms with Gasteiger partial charge < -0.3 is 19.3 Å². The molecule has 1 unspecified atom stereocenters. The Hall–Kier alpha value is -2.60. The molecule has 2 rings (SSSR count). The van der Waals surface area contributed by atoms with Crippen LogP contribution in [-0.2, 0) is 9.53 Å². The first-order chi connectivity index (χ1) is 12.0. The fraction of sp³-hybridized carbons (Fsp3) is 0.368. The lowest BCUT2D eigenvalue weighted by atomic mass is 10.1. The average Bonchev–Trinajstić information content (AvgIpc) is 3.12. The molecule has 0 aliphatic heterocycles. The SMILES string of the molecule is CCOC(=O)CCN(CC(C)O)C(=O)c1ccc(-n2cccc2)cc1. The third-order valence-corrected chi connectivity index (χ3v) is 3.68. The van der Waals surface area contributed by atoms with Gasteiger partial charge in [-0.2, -0.15) is 0 Å². The summed E-state index contributed by atoms with van der Waals surface area (Å²) in [5.41, 5.74) is 1.47. The van der Waals surface area contributed by atoms with Crippen LogP contribution in [0, 0.1) is 0 Å². The molecule has 0 aliphatic carbocycles. The zero-order valence-corrected chi connectivity index (χ0v) is 14.6. The molecular formula is C19H24N2O4. The number of rotatable bonds is 8. The van der Waals surface area contributed by atoms with Crippen LogP contribution < -0.4 is 0 Å². The number of benzene rings is 1. The van der Waals surface area contributed by atoms with Crippen LogP contribution in [0.3, 0.4) is 0 Å². The molecule has 6 nitrogen and oxygen atoms in total. The van der Waals surface area contributed by atoms with Crippen molar-refractivity contribution in [2.45, 2.75) is 26.4 Å². The van der Waals surface area contributed by atoms with Crippen molar-refractivity contribution >= 4 is 11.9 Å². The Labute approximate surface area is 147 Å². The van der Waals surface area contributed by atoms with E-state index >= 15 is 0 Å². The van der Waals surface area contributed by atoms with E-state index in [2.05, 4.69) is 0 Å². The fourth-order valence-corrected chi connectivity index (χ4v) is 2.52. The minimum Gasteiger partial charge on any atom is -0.466 e. The van der Waals surface area contributed by atoms with Gasteiger partial charge in [-0.1, -0.05) is 0 Å². The number of hydrogen-bond acceptors (Lipinski definition) is 4. The predicted molar refractivity (Wildman–Crippen MR) is 94.6 cm³/mol. The van der Waals surface area contributed by atoms with E-state index in [9.17, 15) is 14.7 Å². The number of carbonyl (C=O) groups excluding carboxylic acids is 2. The summed E-state index contributed by atoms with van der Waals surface area (Å²) in [7, 11) is 0. The highest BCUT2D eigenvalue weighted by molar-refractivity contribution is 5.94.